The molecule has 1 aliphatic heterocycles. The second kappa shape index (κ2) is 9.22. The van der Waals surface area contributed by atoms with Crippen molar-refractivity contribution in [3.63, 3.8) is 0 Å². The van der Waals surface area contributed by atoms with Gasteiger partial charge in [0.2, 0.25) is 5.91 Å². The molecule has 0 spiro atoms. The van der Waals surface area contributed by atoms with Crippen LogP contribution in [0.5, 0.6) is 23.4 Å². The van der Waals surface area contributed by atoms with Crippen LogP contribution < -0.4 is 43.0 Å². The van der Waals surface area contributed by atoms with Crippen LogP contribution >= 0.6 is 0 Å². The molecule has 3 aromatic rings. The van der Waals surface area contributed by atoms with Crippen LogP contribution in [0.2, 0.25) is 0 Å². The lowest BCUT2D eigenvalue weighted by molar-refractivity contribution is -0.114. The molecular formula is C21H20N10O4. The van der Waals surface area contributed by atoms with Gasteiger partial charge in [0.15, 0.2) is 11.8 Å². The molecule has 0 atom stereocenters. The molecule has 0 saturated heterocycles. The summed E-state index contributed by atoms with van der Waals surface area (Å²) < 4.78 is 11.6. The van der Waals surface area contributed by atoms with Crippen molar-refractivity contribution in [2.24, 2.45) is 27.9 Å². The van der Waals surface area contributed by atoms with Crippen molar-refractivity contribution in [3.8, 4) is 23.4 Å². The number of benzene rings is 2. The van der Waals surface area contributed by atoms with Crippen molar-refractivity contribution >= 4 is 40.8 Å². The molecule has 2 amide bonds. The Hall–Kier alpha value is -5.40. The molecule has 0 aliphatic carbocycles. The van der Waals surface area contributed by atoms with E-state index in [-0.39, 0.29) is 64.5 Å². The van der Waals surface area contributed by atoms with Gasteiger partial charge in [-0.3, -0.25) is 15.0 Å². The molecule has 1 aromatic heterocycles. The zero-order valence-electron chi connectivity index (χ0n) is 18.0. The standard InChI is InChI=1S/C21H20N10O4/c22-16(23)9-4-5-12(17(24)33)13(6-9)35-19-15-18(27-8-14(32)29-15)30-21(31-19)34-11-3-1-2-10(7-11)28-20(25)26/h1-7H,8H2,(H3,22,23)(H2,24,33)(H,29,32)(H4,25,26,28)(H,27,30,31). The van der Waals surface area contributed by atoms with E-state index in [1.165, 1.54) is 18.2 Å². The average molecular weight is 476 g/mol. The number of hydrogen-bond acceptors (Lipinski definition) is 9. The van der Waals surface area contributed by atoms with Gasteiger partial charge in [-0.2, -0.15) is 9.97 Å². The number of carbonyl (C=O) groups is 2. The fourth-order valence-corrected chi connectivity index (χ4v) is 3.08. The van der Waals surface area contributed by atoms with Gasteiger partial charge < -0.3 is 43.0 Å². The summed E-state index contributed by atoms with van der Waals surface area (Å²) in [7, 11) is 0. The summed E-state index contributed by atoms with van der Waals surface area (Å²) in [5.74, 6) is -1.18. The van der Waals surface area contributed by atoms with Crippen LogP contribution in [0.15, 0.2) is 47.5 Å². The third-order valence-electron chi connectivity index (χ3n) is 4.59. The Morgan fingerprint density at radius 3 is 2.57 bits per heavy atom. The minimum atomic E-state index is -0.784. The van der Waals surface area contributed by atoms with Crippen molar-refractivity contribution in [1.29, 1.82) is 5.41 Å². The summed E-state index contributed by atoms with van der Waals surface area (Å²) in [6.07, 6.45) is 0. The third kappa shape index (κ3) is 5.16. The van der Waals surface area contributed by atoms with E-state index in [1.54, 1.807) is 24.3 Å². The fourth-order valence-electron chi connectivity index (χ4n) is 3.08. The molecule has 0 radical (unpaired) electrons. The highest BCUT2D eigenvalue weighted by molar-refractivity contribution is 6.02. The molecule has 0 fully saturated rings. The first-order valence-electron chi connectivity index (χ1n) is 9.99. The fraction of sp³-hybridized carbons (Fsp3) is 0.0476. The summed E-state index contributed by atoms with van der Waals surface area (Å²) >= 11 is 0. The van der Waals surface area contributed by atoms with E-state index >= 15 is 0 Å². The highest BCUT2D eigenvalue weighted by Gasteiger charge is 2.25. The molecule has 14 heteroatoms. The van der Waals surface area contributed by atoms with E-state index in [1.807, 2.05) is 0 Å². The predicted octanol–water partition coefficient (Wildman–Crippen LogP) is 0.713. The van der Waals surface area contributed by atoms with Gasteiger partial charge in [-0.25, -0.2) is 4.99 Å². The molecule has 0 saturated carbocycles. The highest BCUT2D eigenvalue weighted by atomic mass is 16.5. The van der Waals surface area contributed by atoms with Crippen LogP contribution in [0.4, 0.5) is 17.2 Å². The minimum Gasteiger partial charge on any atom is -0.436 e. The Balaban J connectivity index is 1.76. The van der Waals surface area contributed by atoms with Gasteiger partial charge >= 0.3 is 6.01 Å². The van der Waals surface area contributed by atoms with Crippen molar-refractivity contribution in [3.05, 3.63) is 53.6 Å². The van der Waals surface area contributed by atoms with Gasteiger partial charge in [-0.05, 0) is 24.3 Å². The van der Waals surface area contributed by atoms with Crippen LogP contribution in [0.1, 0.15) is 15.9 Å². The molecule has 4 rings (SSSR count). The first-order valence-corrected chi connectivity index (χ1v) is 9.99. The number of hydrogen-bond donors (Lipinski definition) is 7. The zero-order chi connectivity index (χ0) is 25.1. The van der Waals surface area contributed by atoms with Gasteiger partial charge in [0, 0.05) is 11.6 Å². The Kier molecular flexibility index (Phi) is 6.00. The number of amidine groups is 1. The van der Waals surface area contributed by atoms with Crippen molar-refractivity contribution in [2.75, 3.05) is 17.2 Å². The molecule has 0 unspecified atom stereocenters. The summed E-state index contributed by atoms with van der Waals surface area (Å²) in [5, 5.41) is 13.1. The number of aliphatic imine (C=N–C) groups is 1. The van der Waals surface area contributed by atoms with Crippen LogP contribution in [-0.4, -0.2) is 40.1 Å². The van der Waals surface area contributed by atoms with Crippen molar-refractivity contribution < 1.29 is 19.1 Å². The Bertz CT molecular complexity index is 1380. The molecule has 178 valence electrons. The lowest BCUT2D eigenvalue weighted by Crippen LogP contribution is -2.28. The number of aromatic nitrogens is 2. The van der Waals surface area contributed by atoms with E-state index in [9.17, 15) is 9.59 Å². The Labute approximate surface area is 197 Å². The summed E-state index contributed by atoms with van der Waals surface area (Å²) in [6.45, 7) is -0.0464. The van der Waals surface area contributed by atoms with Crippen molar-refractivity contribution in [2.45, 2.75) is 0 Å². The number of carbonyl (C=O) groups excluding carboxylic acids is 2. The number of ether oxygens (including phenoxy) is 2. The van der Waals surface area contributed by atoms with Crippen LogP contribution in [0.25, 0.3) is 0 Å². The maximum absolute atomic E-state index is 12.0. The van der Waals surface area contributed by atoms with E-state index in [2.05, 4.69) is 25.6 Å². The molecule has 2 aromatic carbocycles. The second-order valence-corrected chi connectivity index (χ2v) is 7.16. The minimum absolute atomic E-state index is 0.00450. The van der Waals surface area contributed by atoms with Crippen LogP contribution in [-0.2, 0) is 4.79 Å². The number of nitrogens with two attached hydrogens (primary N) is 4. The number of anilines is 2. The van der Waals surface area contributed by atoms with Crippen LogP contribution in [0, 0.1) is 5.41 Å². The molecular weight excluding hydrogens is 456 g/mol. The monoisotopic (exact) mass is 476 g/mol. The summed E-state index contributed by atoms with van der Waals surface area (Å²) in [5.41, 5.74) is 22.7. The van der Waals surface area contributed by atoms with Gasteiger partial charge in [-0.15, -0.1) is 0 Å². The van der Waals surface area contributed by atoms with Gasteiger partial charge in [0.05, 0.1) is 17.8 Å². The van der Waals surface area contributed by atoms with Gasteiger partial charge in [0.25, 0.3) is 11.8 Å². The van der Waals surface area contributed by atoms with Gasteiger partial charge in [0.1, 0.15) is 23.0 Å². The number of amides is 2. The predicted molar refractivity (Wildman–Crippen MR) is 127 cm³/mol. The van der Waals surface area contributed by atoms with Crippen LogP contribution in [0.3, 0.4) is 0 Å². The maximum atomic E-state index is 12.0. The number of fused-ring (bicyclic) bond motifs is 1. The summed E-state index contributed by atoms with van der Waals surface area (Å²) in [6, 6.07) is 10.5. The molecule has 1 aliphatic rings. The molecule has 2 heterocycles. The third-order valence-corrected chi connectivity index (χ3v) is 4.59. The average Bonchev–Trinajstić information content (AvgIpc) is 2.79. The smallest absolute Gasteiger partial charge is 0.327 e. The quantitative estimate of drug-likeness (QED) is 0.186. The van der Waals surface area contributed by atoms with Crippen molar-refractivity contribution in [1.82, 2.24) is 9.97 Å². The topological polar surface area (TPSA) is 243 Å². The normalized spacial score (nSPS) is 11.9. The summed E-state index contributed by atoms with van der Waals surface area (Å²) in [4.78, 5) is 36.4. The number of rotatable bonds is 7. The number of nitrogens with one attached hydrogen (secondary N) is 3. The second-order valence-electron chi connectivity index (χ2n) is 7.16. The lowest BCUT2D eigenvalue weighted by atomic mass is 10.1. The SMILES string of the molecule is N=C(N)c1ccc(C(N)=O)c(Oc2nc(Oc3cccc(N=C(N)N)c3)nc3c2NC(=O)CN3)c1. The van der Waals surface area contributed by atoms with E-state index in [0.717, 1.165) is 0 Å². The number of nitrogens with zero attached hydrogens (tertiary/aromatic N) is 3. The number of guanidine groups is 1. The Morgan fingerprint density at radius 1 is 1.06 bits per heavy atom. The molecule has 0 bridgehead atoms. The first-order chi connectivity index (χ1) is 16.7. The molecule has 11 N–H and O–H groups in total. The Morgan fingerprint density at radius 2 is 1.86 bits per heavy atom. The zero-order valence-corrected chi connectivity index (χ0v) is 18.0. The molecule has 35 heavy (non-hydrogen) atoms. The van der Waals surface area contributed by atoms with E-state index in [0.29, 0.717) is 11.4 Å². The first kappa shape index (κ1) is 22.8. The largest absolute Gasteiger partial charge is 0.436 e. The molecule has 14 nitrogen and oxygen atoms in total. The van der Waals surface area contributed by atoms with Gasteiger partial charge in [-0.1, -0.05) is 12.1 Å². The maximum Gasteiger partial charge on any atom is 0.327 e. The number of nitrogen functional groups attached to an aromatic ring is 1. The van der Waals surface area contributed by atoms with E-state index in [4.69, 9.17) is 37.8 Å². The highest BCUT2D eigenvalue weighted by Crippen LogP contribution is 2.38. The lowest BCUT2D eigenvalue weighted by Gasteiger charge is -2.21. The number of primary amides is 1. The van der Waals surface area contributed by atoms with E-state index < -0.39 is 5.91 Å².